The van der Waals surface area contributed by atoms with Crippen molar-refractivity contribution < 1.29 is 19.1 Å². The van der Waals surface area contributed by atoms with Gasteiger partial charge in [-0.15, -0.1) is 0 Å². The lowest BCUT2D eigenvalue weighted by Crippen LogP contribution is -2.26. The molecule has 0 unspecified atom stereocenters. The molecule has 3 aromatic carbocycles. The first kappa shape index (κ1) is 38.0. The first-order valence-corrected chi connectivity index (χ1v) is 19.1. The number of halogens is 3. The summed E-state index contributed by atoms with van der Waals surface area (Å²) in [5, 5.41) is 0.637. The second kappa shape index (κ2) is 16.0. The number of aromatic nitrogens is 1. The fourth-order valence-electron chi connectivity index (χ4n) is 6.71. The maximum absolute atomic E-state index is 12.5. The molecule has 3 radical (unpaired) electrons. The van der Waals surface area contributed by atoms with E-state index in [-0.39, 0.29) is 26.2 Å². The van der Waals surface area contributed by atoms with E-state index in [4.69, 9.17) is 4.74 Å². The molecule has 2 fully saturated rings. The normalized spacial score (nSPS) is 15.7. The van der Waals surface area contributed by atoms with Crippen LogP contribution in [0.1, 0.15) is 90.1 Å². The summed E-state index contributed by atoms with van der Waals surface area (Å²) in [7, 11) is 1.39. The number of nitrogens with zero attached hydrogens (tertiary/aromatic N) is 3. The van der Waals surface area contributed by atoms with E-state index in [1.807, 2.05) is 61.0 Å². The molecule has 2 amide bonds. The van der Waals surface area contributed by atoms with E-state index < -0.39 is 0 Å². The maximum Gasteiger partial charge on any atom is 0.338 e. The SMILES string of the molecule is COC(=O)c1c(C)cc(Br)cc1CBr.Cc1cc(-c2cccnc2)cc2c1C(=O)N(C1CC1)C2.Cc1cc(Br)cc2c1C(=O)N(C1CC1)C2.[B]. The Labute approximate surface area is 321 Å². The zero-order valence-corrected chi connectivity index (χ0v) is 33.3. The van der Waals surface area contributed by atoms with E-state index in [0.29, 0.717) is 23.0 Å². The third kappa shape index (κ3) is 8.10. The summed E-state index contributed by atoms with van der Waals surface area (Å²) in [4.78, 5) is 44.3. The van der Waals surface area contributed by atoms with Crippen LogP contribution in [0.25, 0.3) is 11.1 Å². The van der Waals surface area contributed by atoms with Crippen molar-refractivity contribution in [3.8, 4) is 11.1 Å². The van der Waals surface area contributed by atoms with E-state index in [1.165, 1.54) is 31.1 Å². The van der Waals surface area contributed by atoms with Gasteiger partial charge in [0.05, 0.1) is 12.7 Å². The Morgan fingerprint density at radius 1 is 0.800 bits per heavy atom. The van der Waals surface area contributed by atoms with Crippen LogP contribution < -0.4 is 0 Å². The van der Waals surface area contributed by atoms with E-state index in [9.17, 15) is 14.4 Å². The number of esters is 1. The van der Waals surface area contributed by atoms with Crippen LogP contribution in [0.5, 0.6) is 0 Å². The summed E-state index contributed by atoms with van der Waals surface area (Å²) in [6, 6.07) is 17.2. The molecule has 7 nitrogen and oxygen atoms in total. The highest BCUT2D eigenvalue weighted by Gasteiger charge is 2.40. The van der Waals surface area contributed by atoms with E-state index >= 15 is 0 Å². The van der Waals surface area contributed by atoms with Gasteiger partial charge >= 0.3 is 5.97 Å². The number of rotatable bonds is 5. The van der Waals surface area contributed by atoms with Crippen LogP contribution in [0.2, 0.25) is 0 Å². The fraction of sp³-hybridized carbons (Fsp3) is 0.333. The summed E-state index contributed by atoms with van der Waals surface area (Å²) in [6.07, 6.45) is 8.33. The summed E-state index contributed by atoms with van der Waals surface area (Å²) in [6.45, 7) is 7.51. The molecular weight excluding hydrogens is 825 g/mol. The topological polar surface area (TPSA) is 79.8 Å². The summed E-state index contributed by atoms with van der Waals surface area (Å²) < 4.78 is 6.77. The van der Waals surface area contributed by atoms with Crippen LogP contribution in [0, 0.1) is 20.8 Å². The highest BCUT2D eigenvalue weighted by Crippen LogP contribution is 2.38. The standard InChI is InChI=1S/C17H16N2O.C12H12BrNO.C10H10Br2O2.B/c1-11-7-13(12-3-2-6-18-9-12)8-14-10-19(15-4-5-15)17(20)16(11)14;1-7-4-9(13)5-8-6-14(10-2-3-10)12(15)11(7)8;1-6-3-8(12)4-7(5-11)9(6)10(13)14-2;/h2-3,6-9,15H,4-5,10H2,1H3;4-5,10H,2-3,6H2,1H3;3-4H,5H2,1-2H3;. The van der Waals surface area contributed by atoms with Gasteiger partial charge in [0.1, 0.15) is 0 Å². The zero-order chi connectivity index (χ0) is 35.0. The van der Waals surface area contributed by atoms with Crippen LogP contribution in [0.4, 0.5) is 0 Å². The first-order valence-electron chi connectivity index (χ1n) is 16.4. The van der Waals surface area contributed by atoms with Crippen molar-refractivity contribution in [1.29, 1.82) is 0 Å². The van der Waals surface area contributed by atoms with Crippen LogP contribution in [-0.4, -0.2) is 60.2 Å². The number of ether oxygens (including phenoxy) is 1. The van der Waals surface area contributed by atoms with Gasteiger partial charge in [-0.25, -0.2) is 4.79 Å². The van der Waals surface area contributed by atoms with Crippen LogP contribution >= 0.6 is 47.8 Å². The van der Waals surface area contributed by atoms with Gasteiger partial charge in [-0.3, -0.25) is 14.6 Å². The van der Waals surface area contributed by atoms with Crippen molar-refractivity contribution in [3.05, 3.63) is 120 Å². The number of pyridine rings is 1. The van der Waals surface area contributed by atoms with Crippen molar-refractivity contribution in [3.63, 3.8) is 0 Å². The minimum Gasteiger partial charge on any atom is -0.465 e. The van der Waals surface area contributed by atoms with Crippen molar-refractivity contribution >= 4 is 74.0 Å². The molecule has 4 aliphatic rings. The molecule has 2 saturated carbocycles. The number of hydrogen-bond donors (Lipinski definition) is 0. The Hall–Kier alpha value is -3.28. The van der Waals surface area contributed by atoms with E-state index in [1.54, 1.807) is 6.20 Å². The summed E-state index contributed by atoms with van der Waals surface area (Å²) in [5.41, 5.74) is 11.1. The van der Waals surface area contributed by atoms with Gasteiger partial charge in [0.15, 0.2) is 0 Å². The number of carbonyl (C=O) groups excluding carboxylic acids is 3. The monoisotopic (exact) mass is 860 g/mol. The lowest BCUT2D eigenvalue weighted by Gasteiger charge is -2.13. The Bertz CT molecular complexity index is 1950. The number of benzene rings is 3. The van der Waals surface area contributed by atoms with Gasteiger partial charge in [0.25, 0.3) is 11.8 Å². The quantitative estimate of drug-likeness (QED) is 0.114. The maximum atomic E-state index is 12.5. The second-order valence-electron chi connectivity index (χ2n) is 13.0. The van der Waals surface area contributed by atoms with Crippen molar-refractivity contribution in [1.82, 2.24) is 14.8 Å². The molecule has 0 atom stereocenters. The molecule has 3 heterocycles. The molecular formula is C39H38BBr3N3O4. The Kier molecular flexibility index (Phi) is 12.1. The van der Waals surface area contributed by atoms with Crippen molar-refractivity contribution in [2.24, 2.45) is 0 Å². The lowest BCUT2D eigenvalue weighted by atomic mass is 9.97. The number of methoxy groups -OCH3 is 1. The number of alkyl halides is 1. The number of amides is 2. The number of hydrogen-bond acceptors (Lipinski definition) is 5. The molecule has 2 aliphatic carbocycles. The number of aryl methyl sites for hydroxylation is 3. The van der Waals surface area contributed by atoms with E-state index in [0.717, 1.165) is 79.4 Å². The summed E-state index contributed by atoms with van der Waals surface area (Å²) in [5.74, 6) is 0.166. The zero-order valence-electron chi connectivity index (χ0n) is 28.6. The summed E-state index contributed by atoms with van der Waals surface area (Å²) >= 11 is 10.2. The fourth-order valence-corrected chi connectivity index (χ4v) is 8.39. The molecule has 0 bridgehead atoms. The molecule has 1 aromatic heterocycles. The molecule has 11 heteroatoms. The average molecular weight is 863 g/mol. The van der Waals surface area contributed by atoms with Gasteiger partial charge < -0.3 is 14.5 Å². The van der Waals surface area contributed by atoms with Crippen LogP contribution in [-0.2, 0) is 23.2 Å². The Morgan fingerprint density at radius 2 is 1.34 bits per heavy atom. The predicted molar refractivity (Wildman–Crippen MR) is 208 cm³/mol. The van der Waals surface area contributed by atoms with Crippen LogP contribution in [0.15, 0.2) is 69.9 Å². The van der Waals surface area contributed by atoms with Crippen molar-refractivity contribution in [2.75, 3.05) is 7.11 Å². The van der Waals surface area contributed by atoms with Gasteiger partial charge in [-0.2, -0.15) is 0 Å². The molecule has 4 aromatic rings. The molecule has 8 rings (SSSR count). The highest BCUT2D eigenvalue weighted by atomic mass is 79.9. The van der Waals surface area contributed by atoms with Gasteiger partial charge in [0, 0.05) is 76.9 Å². The third-order valence-corrected chi connectivity index (χ3v) is 10.8. The third-order valence-electron chi connectivity index (χ3n) is 9.32. The average Bonchev–Trinajstić information content (AvgIpc) is 4.02. The predicted octanol–water partition coefficient (Wildman–Crippen LogP) is 9.11. The Balaban J connectivity index is 0.000000148. The lowest BCUT2D eigenvalue weighted by molar-refractivity contribution is 0.0598. The molecule has 0 spiro atoms. The highest BCUT2D eigenvalue weighted by molar-refractivity contribution is 9.10. The molecule has 2 aliphatic heterocycles. The van der Waals surface area contributed by atoms with E-state index in [2.05, 4.69) is 77.0 Å². The molecule has 0 N–H and O–H groups in total. The largest absolute Gasteiger partial charge is 0.465 e. The van der Waals surface area contributed by atoms with Gasteiger partial charge in [0.2, 0.25) is 0 Å². The Morgan fingerprint density at radius 3 is 1.86 bits per heavy atom. The molecule has 257 valence electrons. The number of carbonyl (C=O) groups is 3. The van der Waals surface area contributed by atoms with Gasteiger partial charge in [-0.05, 0) is 122 Å². The van der Waals surface area contributed by atoms with Gasteiger partial charge in [-0.1, -0.05) is 59.9 Å². The second-order valence-corrected chi connectivity index (χ2v) is 15.4. The first-order chi connectivity index (χ1) is 23.5. The van der Waals surface area contributed by atoms with Crippen LogP contribution in [0.3, 0.4) is 0 Å². The number of fused-ring (bicyclic) bond motifs is 2. The minimum atomic E-state index is -0.288. The molecule has 0 saturated heterocycles. The molecule has 50 heavy (non-hydrogen) atoms. The van der Waals surface area contributed by atoms with Crippen molar-refractivity contribution in [2.45, 2.75) is 77.0 Å². The smallest absolute Gasteiger partial charge is 0.338 e. The minimum absolute atomic E-state index is 0.